The van der Waals surface area contributed by atoms with Crippen molar-refractivity contribution in [3.63, 3.8) is 0 Å². The number of halogens is 2. The molecule has 2 aromatic rings. The number of imidazole rings is 1. The lowest BCUT2D eigenvalue weighted by atomic mass is 10.1. The zero-order chi connectivity index (χ0) is 11.5. The molecule has 0 radical (unpaired) electrons. The van der Waals surface area contributed by atoms with Crippen LogP contribution in [0.3, 0.4) is 0 Å². The number of nitrogens with zero attached hydrogens (tertiary/aromatic N) is 2. The Labute approximate surface area is 101 Å². The first-order valence-corrected chi connectivity index (χ1v) is 5.64. The molecule has 5 heteroatoms. The molecule has 0 fully saturated rings. The number of hydrogen-bond acceptors (Lipinski definition) is 2. The van der Waals surface area contributed by atoms with E-state index in [4.69, 9.17) is 5.73 Å². The van der Waals surface area contributed by atoms with E-state index >= 15 is 0 Å². The van der Waals surface area contributed by atoms with E-state index in [9.17, 15) is 4.39 Å². The van der Waals surface area contributed by atoms with E-state index in [-0.39, 0.29) is 11.9 Å². The highest BCUT2D eigenvalue weighted by Gasteiger charge is 2.09. The first kappa shape index (κ1) is 11.3. The lowest BCUT2D eigenvalue weighted by Crippen LogP contribution is -2.17. The highest BCUT2D eigenvalue weighted by Crippen LogP contribution is 2.16. The van der Waals surface area contributed by atoms with Crippen LogP contribution in [0, 0.1) is 5.82 Å². The number of aromatic nitrogens is 2. The summed E-state index contributed by atoms with van der Waals surface area (Å²) < 4.78 is 15.6. The second kappa shape index (κ2) is 4.76. The number of benzene rings is 1. The van der Waals surface area contributed by atoms with Gasteiger partial charge in [-0.2, -0.15) is 0 Å². The van der Waals surface area contributed by atoms with Gasteiger partial charge in [-0.15, -0.1) is 0 Å². The average molecular weight is 284 g/mol. The average Bonchev–Trinajstić information content (AvgIpc) is 2.64. The van der Waals surface area contributed by atoms with Gasteiger partial charge in [-0.3, -0.25) is 0 Å². The third-order valence-corrected chi connectivity index (χ3v) is 3.00. The van der Waals surface area contributed by atoms with Crippen molar-refractivity contribution in [3.8, 4) is 0 Å². The van der Waals surface area contributed by atoms with Crippen molar-refractivity contribution in [2.75, 3.05) is 0 Å². The maximum absolute atomic E-state index is 13.0. The molecule has 1 unspecified atom stereocenters. The van der Waals surface area contributed by atoms with Crippen LogP contribution in [0.1, 0.15) is 11.6 Å². The third kappa shape index (κ3) is 2.48. The molecule has 3 nitrogen and oxygen atoms in total. The molecule has 1 aromatic heterocycles. The topological polar surface area (TPSA) is 43.8 Å². The van der Waals surface area contributed by atoms with Crippen LogP contribution in [-0.4, -0.2) is 9.55 Å². The molecule has 2 N–H and O–H groups in total. The largest absolute Gasteiger partial charge is 0.324 e. The summed E-state index contributed by atoms with van der Waals surface area (Å²) in [5.74, 6) is -0.266. The van der Waals surface area contributed by atoms with Gasteiger partial charge in [0.1, 0.15) is 5.82 Å². The highest BCUT2D eigenvalue weighted by atomic mass is 79.9. The van der Waals surface area contributed by atoms with Gasteiger partial charge in [-0.25, -0.2) is 9.37 Å². The molecule has 1 heterocycles. The van der Waals surface area contributed by atoms with Crippen molar-refractivity contribution < 1.29 is 4.39 Å². The monoisotopic (exact) mass is 283 g/mol. The Morgan fingerprint density at radius 3 is 2.94 bits per heavy atom. The smallest absolute Gasteiger partial charge is 0.177 e. The van der Waals surface area contributed by atoms with E-state index in [1.54, 1.807) is 12.3 Å². The Morgan fingerprint density at radius 2 is 2.31 bits per heavy atom. The first-order valence-electron chi connectivity index (χ1n) is 4.84. The molecule has 16 heavy (non-hydrogen) atoms. The Hall–Kier alpha value is -1.20. The van der Waals surface area contributed by atoms with Crippen LogP contribution in [0.4, 0.5) is 4.39 Å². The van der Waals surface area contributed by atoms with Crippen molar-refractivity contribution >= 4 is 15.9 Å². The van der Waals surface area contributed by atoms with E-state index in [1.807, 2.05) is 16.8 Å². The second-order valence-corrected chi connectivity index (χ2v) is 4.22. The molecule has 0 aliphatic heterocycles. The Morgan fingerprint density at radius 1 is 1.50 bits per heavy atom. The normalized spacial score (nSPS) is 12.7. The minimum atomic E-state index is -0.266. The molecule has 0 bridgehead atoms. The van der Waals surface area contributed by atoms with Crippen molar-refractivity contribution in [2.24, 2.45) is 5.73 Å². The molecule has 1 atom stereocenters. The molecule has 0 saturated carbocycles. The number of rotatable bonds is 3. The fourth-order valence-electron chi connectivity index (χ4n) is 1.50. The van der Waals surface area contributed by atoms with Crippen LogP contribution in [0.25, 0.3) is 0 Å². The second-order valence-electron chi connectivity index (χ2n) is 3.51. The minimum absolute atomic E-state index is 0.249. The summed E-state index contributed by atoms with van der Waals surface area (Å²) in [4.78, 5) is 4.03. The van der Waals surface area contributed by atoms with Crippen LogP contribution in [-0.2, 0) is 6.54 Å². The predicted molar refractivity (Wildman–Crippen MR) is 63.3 cm³/mol. The van der Waals surface area contributed by atoms with Gasteiger partial charge < -0.3 is 10.3 Å². The van der Waals surface area contributed by atoms with Crippen LogP contribution in [0.5, 0.6) is 0 Å². The van der Waals surface area contributed by atoms with Gasteiger partial charge in [0, 0.05) is 25.0 Å². The zero-order valence-corrected chi connectivity index (χ0v) is 10.1. The lowest BCUT2D eigenvalue weighted by Gasteiger charge is -2.13. The van der Waals surface area contributed by atoms with Gasteiger partial charge in [0.05, 0.1) is 0 Å². The van der Waals surface area contributed by atoms with Crippen molar-refractivity contribution in [3.05, 3.63) is 52.8 Å². The van der Waals surface area contributed by atoms with Gasteiger partial charge >= 0.3 is 0 Å². The SMILES string of the molecule is NC(Cn1ccnc1Br)c1cccc(F)c1. The zero-order valence-electron chi connectivity index (χ0n) is 8.48. The Kier molecular flexibility index (Phi) is 3.36. The summed E-state index contributed by atoms with van der Waals surface area (Å²) in [5.41, 5.74) is 6.77. The van der Waals surface area contributed by atoms with E-state index in [2.05, 4.69) is 20.9 Å². The Balaban J connectivity index is 2.14. The number of hydrogen-bond donors (Lipinski definition) is 1. The van der Waals surface area contributed by atoms with E-state index in [1.165, 1.54) is 12.1 Å². The van der Waals surface area contributed by atoms with Crippen molar-refractivity contribution in [2.45, 2.75) is 12.6 Å². The van der Waals surface area contributed by atoms with Crippen molar-refractivity contribution in [1.82, 2.24) is 9.55 Å². The van der Waals surface area contributed by atoms with Gasteiger partial charge in [0.2, 0.25) is 0 Å². The van der Waals surface area contributed by atoms with Gasteiger partial charge in [0.15, 0.2) is 4.73 Å². The summed E-state index contributed by atoms with van der Waals surface area (Å²) in [5, 5.41) is 0. The van der Waals surface area contributed by atoms with Crippen LogP contribution in [0.15, 0.2) is 41.4 Å². The van der Waals surface area contributed by atoms with E-state index in [0.717, 1.165) is 10.3 Å². The van der Waals surface area contributed by atoms with Gasteiger partial charge in [-0.1, -0.05) is 12.1 Å². The van der Waals surface area contributed by atoms with Crippen molar-refractivity contribution in [1.29, 1.82) is 0 Å². The molecular weight excluding hydrogens is 273 g/mol. The third-order valence-electron chi connectivity index (χ3n) is 2.33. The number of nitrogens with two attached hydrogens (primary N) is 1. The maximum Gasteiger partial charge on any atom is 0.177 e. The molecule has 0 saturated heterocycles. The summed E-state index contributed by atoms with van der Waals surface area (Å²) in [7, 11) is 0. The first-order chi connectivity index (χ1) is 7.66. The van der Waals surface area contributed by atoms with Crippen LogP contribution < -0.4 is 5.73 Å². The summed E-state index contributed by atoms with van der Waals surface area (Å²) in [6, 6.07) is 6.09. The summed E-state index contributed by atoms with van der Waals surface area (Å²) in [6.07, 6.45) is 3.51. The molecule has 0 spiro atoms. The summed E-state index contributed by atoms with van der Waals surface area (Å²) >= 11 is 3.30. The lowest BCUT2D eigenvalue weighted by molar-refractivity contribution is 0.560. The Bertz CT molecular complexity index is 484. The molecule has 2 rings (SSSR count). The predicted octanol–water partition coefficient (Wildman–Crippen LogP) is 2.48. The maximum atomic E-state index is 13.0. The fraction of sp³-hybridized carbons (Fsp3) is 0.182. The molecule has 84 valence electrons. The molecular formula is C11H11BrFN3. The fourth-order valence-corrected chi connectivity index (χ4v) is 1.88. The van der Waals surface area contributed by atoms with Crippen LogP contribution >= 0.6 is 15.9 Å². The standard InChI is InChI=1S/C11H11BrFN3/c12-11-15-4-5-16(11)7-10(14)8-2-1-3-9(13)6-8/h1-6,10H,7,14H2. The molecule has 0 aliphatic carbocycles. The molecule has 1 aromatic carbocycles. The quantitative estimate of drug-likeness (QED) is 0.941. The minimum Gasteiger partial charge on any atom is -0.324 e. The molecule has 0 amide bonds. The van der Waals surface area contributed by atoms with E-state index in [0.29, 0.717) is 6.54 Å². The van der Waals surface area contributed by atoms with E-state index < -0.39 is 0 Å². The highest BCUT2D eigenvalue weighted by molar-refractivity contribution is 9.10. The van der Waals surface area contributed by atoms with Gasteiger partial charge in [0.25, 0.3) is 0 Å². The van der Waals surface area contributed by atoms with Gasteiger partial charge in [-0.05, 0) is 33.6 Å². The summed E-state index contributed by atoms with van der Waals surface area (Å²) in [6.45, 7) is 0.560. The van der Waals surface area contributed by atoms with Crippen LogP contribution in [0.2, 0.25) is 0 Å². The molecule has 0 aliphatic rings.